The van der Waals surface area contributed by atoms with E-state index in [4.69, 9.17) is 0 Å². The molecule has 3 N–H and O–H groups in total. The number of aryl methyl sites for hydroxylation is 1. The molecule has 0 saturated heterocycles. The highest BCUT2D eigenvalue weighted by molar-refractivity contribution is 7.19. The van der Waals surface area contributed by atoms with E-state index in [0.717, 1.165) is 51.9 Å². The van der Waals surface area contributed by atoms with Gasteiger partial charge in [0.25, 0.3) is 0 Å². The second-order valence-electron chi connectivity index (χ2n) is 8.34. The van der Waals surface area contributed by atoms with E-state index in [1.165, 1.54) is 10.4 Å². The number of benzene rings is 1. The number of nitrogens with zero attached hydrogens (tertiary/aromatic N) is 4. The molecule has 160 valence electrons. The van der Waals surface area contributed by atoms with E-state index in [1.807, 2.05) is 32.0 Å². The number of anilines is 2. The zero-order valence-electron chi connectivity index (χ0n) is 17.4. The van der Waals surface area contributed by atoms with Crippen LogP contribution in [0.15, 0.2) is 30.7 Å². The number of hydrogen-bond acceptors (Lipinski definition) is 6. The summed E-state index contributed by atoms with van der Waals surface area (Å²) in [6.07, 6.45) is 5.32. The molecule has 9 heteroatoms. The van der Waals surface area contributed by atoms with Crippen LogP contribution in [0, 0.1) is 5.92 Å². The van der Waals surface area contributed by atoms with Gasteiger partial charge in [-0.1, -0.05) is 0 Å². The Balaban J connectivity index is 1.43. The standard InChI is InChI=1S/C22H24N6O2S/c1-12(2)28(22(29)30)10-13-3-5-16-18(7-13)31-21-19(16)20(23-11-24-21)26-15-4-6-17-14(8-15)9-25-27-17/h4,6,8-9,11-13H,3,5,7,10H2,1-2H3,(H,25,27)(H,29,30)(H,23,24,26). The lowest BCUT2D eigenvalue weighted by molar-refractivity contribution is 0.120. The van der Waals surface area contributed by atoms with Crippen LogP contribution in [-0.4, -0.2) is 48.9 Å². The molecule has 0 aliphatic heterocycles. The predicted molar refractivity (Wildman–Crippen MR) is 122 cm³/mol. The van der Waals surface area contributed by atoms with Gasteiger partial charge in [-0.05, 0) is 62.8 Å². The summed E-state index contributed by atoms with van der Waals surface area (Å²) in [5.41, 5.74) is 3.25. The molecule has 5 rings (SSSR count). The van der Waals surface area contributed by atoms with Crippen molar-refractivity contribution in [2.24, 2.45) is 5.92 Å². The SMILES string of the molecule is CC(C)N(CC1CCc2c(sc3ncnc(Nc4ccc5[nH]ncc5c4)c23)C1)C(=O)O. The lowest BCUT2D eigenvalue weighted by Gasteiger charge is -2.30. The van der Waals surface area contributed by atoms with E-state index in [1.54, 1.807) is 28.8 Å². The molecule has 0 radical (unpaired) electrons. The lowest BCUT2D eigenvalue weighted by Crippen LogP contribution is -2.40. The third kappa shape index (κ3) is 3.69. The van der Waals surface area contributed by atoms with Crippen molar-refractivity contribution in [3.05, 3.63) is 41.2 Å². The minimum atomic E-state index is -0.843. The van der Waals surface area contributed by atoms with Gasteiger partial charge in [0.2, 0.25) is 0 Å². The van der Waals surface area contributed by atoms with Gasteiger partial charge in [-0.3, -0.25) is 5.10 Å². The van der Waals surface area contributed by atoms with Gasteiger partial charge in [-0.25, -0.2) is 14.8 Å². The average Bonchev–Trinajstić information content (AvgIpc) is 3.35. The molecule has 8 nitrogen and oxygen atoms in total. The highest BCUT2D eigenvalue weighted by Gasteiger charge is 2.28. The fraction of sp³-hybridized carbons (Fsp3) is 0.364. The van der Waals surface area contributed by atoms with Gasteiger partial charge >= 0.3 is 6.09 Å². The van der Waals surface area contributed by atoms with Crippen LogP contribution in [0.3, 0.4) is 0 Å². The summed E-state index contributed by atoms with van der Waals surface area (Å²) in [5.74, 6) is 1.14. The Morgan fingerprint density at radius 1 is 1.39 bits per heavy atom. The van der Waals surface area contributed by atoms with E-state index in [2.05, 4.69) is 25.5 Å². The van der Waals surface area contributed by atoms with Crippen LogP contribution >= 0.6 is 11.3 Å². The lowest BCUT2D eigenvalue weighted by atomic mass is 9.87. The normalized spacial score (nSPS) is 16.0. The van der Waals surface area contributed by atoms with Crippen molar-refractivity contribution in [3.8, 4) is 0 Å². The van der Waals surface area contributed by atoms with Crippen molar-refractivity contribution in [2.75, 3.05) is 11.9 Å². The molecule has 0 fully saturated rings. The predicted octanol–water partition coefficient (Wildman–Crippen LogP) is 4.80. The first-order valence-electron chi connectivity index (χ1n) is 10.4. The smallest absolute Gasteiger partial charge is 0.407 e. The van der Waals surface area contributed by atoms with E-state index >= 15 is 0 Å². The van der Waals surface area contributed by atoms with Gasteiger partial charge in [-0.15, -0.1) is 11.3 Å². The molecule has 1 atom stereocenters. The van der Waals surface area contributed by atoms with Crippen molar-refractivity contribution in [1.29, 1.82) is 0 Å². The first-order chi connectivity index (χ1) is 15.0. The fourth-order valence-electron chi connectivity index (χ4n) is 4.37. The molecule has 3 aromatic heterocycles. The molecule has 1 aliphatic carbocycles. The molecule has 0 saturated carbocycles. The zero-order chi connectivity index (χ0) is 21.5. The van der Waals surface area contributed by atoms with Crippen molar-refractivity contribution >= 4 is 50.1 Å². The van der Waals surface area contributed by atoms with Gasteiger partial charge < -0.3 is 15.3 Å². The number of fused-ring (bicyclic) bond motifs is 4. The number of aromatic nitrogens is 4. The number of amides is 1. The summed E-state index contributed by atoms with van der Waals surface area (Å²) >= 11 is 1.70. The Hall–Kier alpha value is -3.20. The Kier molecular flexibility index (Phi) is 4.97. The van der Waals surface area contributed by atoms with Gasteiger partial charge in [-0.2, -0.15) is 5.10 Å². The van der Waals surface area contributed by atoms with Gasteiger partial charge in [0.15, 0.2) is 0 Å². The summed E-state index contributed by atoms with van der Waals surface area (Å²) in [4.78, 5) is 24.5. The van der Waals surface area contributed by atoms with E-state index < -0.39 is 6.09 Å². The Morgan fingerprint density at radius 2 is 2.26 bits per heavy atom. The molecule has 3 heterocycles. The van der Waals surface area contributed by atoms with Gasteiger partial charge in [0.05, 0.1) is 17.1 Å². The van der Waals surface area contributed by atoms with Gasteiger partial charge in [0, 0.05) is 28.5 Å². The van der Waals surface area contributed by atoms with E-state index in [9.17, 15) is 9.90 Å². The van der Waals surface area contributed by atoms with Crippen LogP contribution in [0.25, 0.3) is 21.1 Å². The number of H-pyrrole nitrogens is 1. The summed E-state index contributed by atoms with van der Waals surface area (Å²) in [6.45, 7) is 4.43. The zero-order valence-corrected chi connectivity index (χ0v) is 18.2. The van der Waals surface area contributed by atoms with Crippen LogP contribution in [0.2, 0.25) is 0 Å². The summed E-state index contributed by atoms with van der Waals surface area (Å²) < 4.78 is 0. The molecule has 0 spiro atoms. The Morgan fingerprint density at radius 3 is 3.06 bits per heavy atom. The number of nitrogens with one attached hydrogen (secondary N) is 2. The highest BCUT2D eigenvalue weighted by atomic mass is 32.1. The molecule has 31 heavy (non-hydrogen) atoms. The van der Waals surface area contributed by atoms with Crippen LogP contribution in [0.4, 0.5) is 16.3 Å². The van der Waals surface area contributed by atoms with Crippen LogP contribution in [-0.2, 0) is 12.8 Å². The van der Waals surface area contributed by atoms with E-state index in [-0.39, 0.29) is 6.04 Å². The van der Waals surface area contributed by atoms with Crippen molar-refractivity contribution < 1.29 is 9.90 Å². The number of carbonyl (C=O) groups is 1. The van der Waals surface area contributed by atoms with Gasteiger partial charge in [0.1, 0.15) is 17.0 Å². The molecule has 1 unspecified atom stereocenters. The Labute approximate surface area is 183 Å². The highest BCUT2D eigenvalue weighted by Crippen LogP contribution is 2.40. The largest absolute Gasteiger partial charge is 0.465 e. The summed E-state index contributed by atoms with van der Waals surface area (Å²) in [5, 5.41) is 22.2. The first kappa shape index (κ1) is 19.7. The molecule has 1 aliphatic rings. The van der Waals surface area contributed by atoms with Crippen LogP contribution in [0.5, 0.6) is 0 Å². The molecule has 4 aromatic rings. The average molecular weight is 437 g/mol. The summed E-state index contributed by atoms with van der Waals surface area (Å²) in [7, 11) is 0. The molecule has 1 aromatic carbocycles. The minimum Gasteiger partial charge on any atom is -0.465 e. The number of aromatic amines is 1. The maximum atomic E-state index is 11.6. The fourth-order valence-corrected chi connectivity index (χ4v) is 5.68. The number of rotatable bonds is 5. The number of thiophene rings is 1. The van der Waals surface area contributed by atoms with Crippen LogP contribution < -0.4 is 5.32 Å². The number of hydrogen-bond donors (Lipinski definition) is 3. The molecular weight excluding hydrogens is 412 g/mol. The molecule has 0 bridgehead atoms. The maximum absolute atomic E-state index is 11.6. The van der Waals surface area contributed by atoms with Crippen molar-refractivity contribution in [2.45, 2.75) is 39.2 Å². The summed E-state index contributed by atoms with van der Waals surface area (Å²) in [6, 6.07) is 6.04. The van der Waals surface area contributed by atoms with E-state index in [0.29, 0.717) is 12.5 Å². The topological polar surface area (TPSA) is 107 Å². The molecule has 1 amide bonds. The molecular formula is C22H24N6O2S. The third-order valence-corrected chi connectivity index (χ3v) is 7.14. The third-order valence-electron chi connectivity index (χ3n) is 5.97. The van der Waals surface area contributed by atoms with Crippen molar-refractivity contribution in [3.63, 3.8) is 0 Å². The minimum absolute atomic E-state index is 0.0180. The van der Waals surface area contributed by atoms with Crippen molar-refractivity contribution in [1.82, 2.24) is 25.1 Å². The second kappa shape index (κ2) is 7.81. The monoisotopic (exact) mass is 436 g/mol. The van der Waals surface area contributed by atoms with Crippen LogP contribution in [0.1, 0.15) is 30.7 Å². The first-order valence-corrected chi connectivity index (χ1v) is 11.3. The number of carboxylic acid groups (broad SMARTS) is 1. The quantitative estimate of drug-likeness (QED) is 0.415. The Bertz CT molecular complexity index is 1260. The second-order valence-corrected chi connectivity index (χ2v) is 9.42. The maximum Gasteiger partial charge on any atom is 0.407 e.